The van der Waals surface area contributed by atoms with Crippen LogP contribution in [0.15, 0.2) is 66.7 Å². The largest absolute Gasteiger partial charge is 0.479 e. The number of aromatic nitrogens is 2. The summed E-state index contributed by atoms with van der Waals surface area (Å²) in [5, 5.41) is 59.5. The quantitative estimate of drug-likeness (QED) is 0.152. The molecule has 0 spiro atoms. The smallest absolute Gasteiger partial charge is 0.353 e. The number of aliphatic carboxylic acids is 1. The summed E-state index contributed by atoms with van der Waals surface area (Å²) in [5.74, 6) is -2.95. The molecule has 14 nitrogen and oxygen atoms in total. The number of rotatable bonds is 11. The number of carboxylic acids is 1. The summed E-state index contributed by atoms with van der Waals surface area (Å²) >= 11 is 0. The molecule has 6 atom stereocenters. The Labute approximate surface area is 239 Å². The fourth-order valence-corrected chi connectivity index (χ4v) is 4.65. The lowest BCUT2D eigenvalue weighted by molar-refractivity contribution is -0.289. The summed E-state index contributed by atoms with van der Waals surface area (Å²) in [7, 11) is 1.31. The van der Waals surface area contributed by atoms with Crippen LogP contribution in [0.2, 0.25) is 0 Å². The van der Waals surface area contributed by atoms with Crippen molar-refractivity contribution in [3.63, 3.8) is 0 Å². The average Bonchev–Trinajstić information content (AvgIpc) is 3.02. The van der Waals surface area contributed by atoms with E-state index in [-0.39, 0.29) is 11.4 Å². The maximum absolute atomic E-state index is 14.0. The minimum absolute atomic E-state index is 0.0612. The third kappa shape index (κ3) is 6.10. The van der Waals surface area contributed by atoms with Crippen LogP contribution in [-0.2, 0) is 42.6 Å². The number of benzene rings is 2. The van der Waals surface area contributed by atoms with Crippen molar-refractivity contribution in [3.05, 3.63) is 89.2 Å². The highest BCUT2D eigenvalue weighted by atomic mass is 16.7. The molecule has 0 radical (unpaired) electrons. The van der Waals surface area contributed by atoms with Crippen LogP contribution in [0.5, 0.6) is 6.01 Å². The van der Waals surface area contributed by atoms with E-state index in [1.807, 2.05) is 0 Å². The number of hydrogen-bond acceptors (Lipinski definition) is 13. The van der Waals surface area contributed by atoms with Gasteiger partial charge in [-0.1, -0.05) is 60.7 Å². The molecular formula is C28H30N2O12. The summed E-state index contributed by atoms with van der Waals surface area (Å²) in [6.45, 7) is -1.10. The summed E-state index contributed by atoms with van der Waals surface area (Å²) in [6.07, 6.45) is -12.0. The second-order valence-electron chi connectivity index (χ2n) is 9.29. The van der Waals surface area contributed by atoms with Crippen LogP contribution in [-0.4, -0.2) is 96.5 Å². The van der Waals surface area contributed by atoms with E-state index in [0.29, 0.717) is 11.1 Å². The van der Waals surface area contributed by atoms with Crippen LogP contribution in [0, 0.1) is 0 Å². The normalized spacial score (nSPS) is 23.1. The third-order valence-corrected chi connectivity index (χ3v) is 6.71. The highest BCUT2D eigenvalue weighted by Gasteiger charge is 2.53. The number of carboxylic acid groups (broad SMARTS) is 1. The number of hydrogen-bond donors (Lipinski definition) is 6. The van der Waals surface area contributed by atoms with E-state index in [1.54, 1.807) is 60.7 Å². The van der Waals surface area contributed by atoms with Crippen molar-refractivity contribution in [3.8, 4) is 6.01 Å². The van der Waals surface area contributed by atoms with Crippen molar-refractivity contribution < 1.29 is 59.2 Å². The molecule has 2 aromatic carbocycles. The van der Waals surface area contributed by atoms with Crippen LogP contribution in [0.3, 0.4) is 0 Å². The molecule has 1 fully saturated rings. The Morgan fingerprint density at radius 3 is 1.86 bits per heavy atom. The fourth-order valence-electron chi connectivity index (χ4n) is 4.65. The van der Waals surface area contributed by atoms with Gasteiger partial charge in [0.05, 0.1) is 24.6 Å². The molecule has 2 heterocycles. The maximum atomic E-state index is 14.0. The van der Waals surface area contributed by atoms with Crippen LogP contribution < -0.4 is 4.74 Å². The summed E-state index contributed by atoms with van der Waals surface area (Å²) < 4.78 is 22.6. The zero-order valence-electron chi connectivity index (χ0n) is 22.3. The molecule has 3 aromatic rings. The van der Waals surface area contributed by atoms with Crippen molar-refractivity contribution >= 4 is 11.9 Å². The first-order valence-corrected chi connectivity index (χ1v) is 12.7. The fraction of sp³-hybridized carbons (Fsp3) is 0.357. The number of aliphatic hydroxyl groups excluding tert-OH is 5. The van der Waals surface area contributed by atoms with Crippen molar-refractivity contribution in [2.24, 2.45) is 0 Å². The van der Waals surface area contributed by atoms with Gasteiger partial charge in [-0.15, -0.1) is 0 Å². The van der Waals surface area contributed by atoms with Gasteiger partial charge in [-0.2, -0.15) is 9.97 Å². The zero-order chi connectivity index (χ0) is 30.4. The molecule has 1 aliphatic heterocycles. The Balaban J connectivity index is 1.85. The average molecular weight is 587 g/mol. The van der Waals surface area contributed by atoms with Gasteiger partial charge in [0.25, 0.3) is 0 Å². The molecule has 14 heteroatoms. The summed E-state index contributed by atoms with van der Waals surface area (Å²) in [5.41, 5.74) is -0.894. The number of methoxy groups -OCH3 is 1. The maximum Gasteiger partial charge on any atom is 0.353 e. The molecule has 1 saturated heterocycles. The van der Waals surface area contributed by atoms with Crippen LogP contribution in [0.25, 0.3) is 0 Å². The lowest BCUT2D eigenvalue weighted by atomic mass is 9.81. The second kappa shape index (κ2) is 13.3. The van der Waals surface area contributed by atoms with Gasteiger partial charge in [0, 0.05) is 7.11 Å². The van der Waals surface area contributed by atoms with Crippen molar-refractivity contribution in [2.45, 2.75) is 55.6 Å². The van der Waals surface area contributed by atoms with Crippen LogP contribution in [0.4, 0.5) is 0 Å². The van der Waals surface area contributed by atoms with Crippen molar-refractivity contribution in [2.75, 3.05) is 7.11 Å². The molecule has 0 bridgehead atoms. The molecule has 224 valence electrons. The van der Waals surface area contributed by atoms with Gasteiger partial charge in [-0.05, 0) is 17.2 Å². The zero-order valence-corrected chi connectivity index (χ0v) is 22.3. The van der Waals surface area contributed by atoms with E-state index in [9.17, 15) is 40.2 Å². The van der Waals surface area contributed by atoms with Gasteiger partial charge in [0.15, 0.2) is 11.7 Å². The predicted octanol–water partition coefficient (Wildman–Crippen LogP) is -0.766. The Morgan fingerprint density at radius 1 is 0.881 bits per heavy atom. The number of ether oxygens (including phenoxy) is 4. The molecule has 42 heavy (non-hydrogen) atoms. The molecule has 1 aliphatic rings. The van der Waals surface area contributed by atoms with Crippen molar-refractivity contribution in [1.29, 1.82) is 0 Å². The Bertz CT molecular complexity index is 1300. The topological polar surface area (TPSA) is 218 Å². The van der Waals surface area contributed by atoms with E-state index in [1.165, 1.54) is 13.2 Å². The highest BCUT2D eigenvalue weighted by molar-refractivity contribution is 5.79. The predicted molar refractivity (Wildman–Crippen MR) is 139 cm³/mol. The SMILES string of the molecule is COC(c1ccccc1)(c1ccccc1)[C@H](Oc1nc(CO)cc(CO)n1)C(=O)O[C@@H]1O[C@H](C(=O)O)[C@@H](O)[C@H](O)[C@H]1O. The molecular weight excluding hydrogens is 556 g/mol. The van der Waals surface area contributed by atoms with E-state index in [0.717, 1.165) is 0 Å². The van der Waals surface area contributed by atoms with Gasteiger partial charge < -0.3 is 49.6 Å². The first-order chi connectivity index (χ1) is 20.2. The molecule has 1 aromatic heterocycles. The summed E-state index contributed by atoms with van der Waals surface area (Å²) in [4.78, 5) is 33.8. The van der Waals surface area contributed by atoms with E-state index < -0.39 is 73.6 Å². The molecule has 0 saturated carbocycles. The molecule has 0 unspecified atom stereocenters. The van der Waals surface area contributed by atoms with Crippen LogP contribution >= 0.6 is 0 Å². The van der Waals surface area contributed by atoms with E-state index in [2.05, 4.69) is 9.97 Å². The Kier molecular flexibility index (Phi) is 9.80. The Morgan fingerprint density at radius 2 is 1.40 bits per heavy atom. The number of carbonyl (C=O) groups is 2. The minimum atomic E-state index is -2.05. The van der Waals surface area contributed by atoms with Gasteiger partial charge in [-0.3, -0.25) is 0 Å². The Hall–Kier alpha value is -4.02. The monoisotopic (exact) mass is 586 g/mol. The second-order valence-corrected chi connectivity index (χ2v) is 9.29. The number of esters is 1. The van der Waals surface area contributed by atoms with Gasteiger partial charge >= 0.3 is 17.9 Å². The van der Waals surface area contributed by atoms with Gasteiger partial charge in [0.2, 0.25) is 12.4 Å². The van der Waals surface area contributed by atoms with E-state index in [4.69, 9.17) is 18.9 Å². The van der Waals surface area contributed by atoms with Gasteiger partial charge in [0.1, 0.15) is 18.3 Å². The number of carbonyl (C=O) groups excluding carboxylic acids is 1. The third-order valence-electron chi connectivity index (χ3n) is 6.71. The molecule has 0 aliphatic carbocycles. The van der Waals surface area contributed by atoms with Crippen molar-refractivity contribution in [1.82, 2.24) is 9.97 Å². The standard InChI is InChI=1S/C28H30N2O12/c1-39-28(15-8-4-2-5-9-15,16-10-6-3-7-11-16)23(41-27-29-17(13-31)12-18(14-32)30-27)25(38)42-26-21(35)19(33)20(34)22(40-26)24(36)37/h2-12,19-23,26,31-35H,13-14H2,1H3,(H,36,37)/t19-,20-,21+,22-,23+,26-/m0/s1. The molecule has 4 rings (SSSR count). The lowest BCUT2D eigenvalue weighted by Crippen LogP contribution is -2.61. The van der Waals surface area contributed by atoms with E-state index >= 15 is 0 Å². The minimum Gasteiger partial charge on any atom is -0.479 e. The lowest BCUT2D eigenvalue weighted by Gasteiger charge is -2.41. The molecule has 6 N–H and O–H groups in total. The van der Waals surface area contributed by atoms with Gasteiger partial charge in [-0.25, -0.2) is 9.59 Å². The number of nitrogens with zero attached hydrogens (tertiary/aromatic N) is 2. The molecule has 0 amide bonds. The first-order valence-electron chi connectivity index (χ1n) is 12.7. The van der Waals surface area contributed by atoms with Crippen LogP contribution in [0.1, 0.15) is 22.5 Å². The highest BCUT2D eigenvalue weighted by Crippen LogP contribution is 2.39. The first kappa shape index (κ1) is 30.9. The summed E-state index contributed by atoms with van der Waals surface area (Å²) in [6, 6.07) is 17.7. The number of aliphatic hydroxyl groups is 5.